The number of amides is 2. The highest BCUT2D eigenvalue weighted by atomic mass is 19.1. The van der Waals surface area contributed by atoms with Gasteiger partial charge in [0.1, 0.15) is 11.6 Å². The third-order valence-corrected chi connectivity index (χ3v) is 9.60. The number of fused-ring (bicyclic) bond motifs is 1. The quantitative estimate of drug-likeness (QED) is 0.123. The number of rotatable bonds is 16. The number of nitrogens with one attached hydrogen (secondary N) is 1. The van der Waals surface area contributed by atoms with E-state index < -0.39 is 35.0 Å². The van der Waals surface area contributed by atoms with Crippen LogP contribution in [0.2, 0.25) is 0 Å². The van der Waals surface area contributed by atoms with Gasteiger partial charge < -0.3 is 25.6 Å². The molecule has 0 aliphatic heterocycles. The third-order valence-electron chi connectivity index (χ3n) is 9.60. The van der Waals surface area contributed by atoms with Crippen molar-refractivity contribution in [2.75, 3.05) is 19.6 Å². The highest BCUT2D eigenvalue weighted by Gasteiger charge is 2.50. The van der Waals surface area contributed by atoms with E-state index >= 15 is 0 Å². The van der Waals surface area contributed by atoms with Gasteiger partial charge in [0.2, 0.25) is 11.8 Å². The lowest BCUT2D eigenvalue weighted by Gasteiger charge is -2.45. The first-order valence-electron chi connectivity index (χ1n) is 17.5. The molecule has 0 bridgehead atoms. The van der Waals surface area contributed by atoms with Gasteiger partial charge in [-0.1, -0.05) is 80.1 Å². The van der Waals surface area contributed by atoms with E-state index in [1.165, 1.54) is 17.7 Å². The molecule has 264 valence electrons. The number of halogens is 2. The molecule has 0 fully saturated rings. The summed E-state index contributed by atoms with van der Waals surface area (Å²) >= 11 is 0. The van der Waals surface area contributed by atoms with Crippen LogP contribution in [0.3, 0.4) is 0 Å². The average Bonchev–Trinajstić information content (AvgIpc) is 3.43. The molecule has 9 heteroatoms. The molecule has 5 rings (SSSR count). The molecule has 7 nitrogen and oxygen atoms in total. The first kappa shape index (κ1) is 36.7. The summed E-state index contributed by atoms with van der Waals surface area (Å²) in [7, 11) is 0. The van der Waals surface area contributed by atoms with Crippen LogP contribution >= 0.6 is 0 Å². The molecule has 1 heterocycles. The molecule has 4 N–H and O–H groups in total. The van der Waals surface area contributed by atoms with Crippen molar-refractivity contribution >= 4 is 22.7 Å². The second-order valence-electron chi connectivity index (χ2n) is 13.5. The van der Waals surface area contributed by atoms with Crippen LogP contribution in [0.15, 0.2) is 102 Å². The van der Waals surface area contributed by atoms with Crippen LogP contribution in [0.4, 0.5) is 8.78 Å². The molecule has 1 aliphatic carbocycles. The lowest BCUT2D eigenvalue weighted by Crippen LogP contribution is -2.54. The SMILES string of the molecule is CCCN(CCC)C(=O)C1([C@H](Cc2cc(F)cc(F)c2)[C@@H](O)CNCc2cn(Cc3ccccc3)c3ccccc23)C=C(C)C=C(C(N)=O)C1. The van der Waals surface area contributed by atoms with Gasteiger partial charge in [-0.3, -0.25) is 9.59 Å². The molecule has 50 heavy (non-hydrogen) atoms. The number of aromatic nitrogens is 1. The topological polar surface area (TPSA) is 101 Å². The summed E-state index contributed by atoms with van der Waals surface area (Å²) in [5.74, 6) is -3.24. The van der Waals surface area contributed by atoms with Gasteiger partial charge in [0.25, 0.3) is 0 Å². The molecule has 0 spiro atoms. The van der Waals surface area contributed by atoms with E-state index in [0.717, 1.165) is 22.5 Å². The first-order chi connectivity index (χ1) is 24.0. The molecule has 1 aliphatic rings. The molecular formula is C41H48F2N4O3. The number of hydrogen-bond acceptors (Lipinski definition) is 4. The fraction of sp³-hybridized carbons (Fsp3) is 0.366. The number of hydrogen-bond donors (Lipinski definition) is 3. The molecule has 2 amide bonds. The van der Waals surface area contributed by atoms with Gasteiger partial charge >= 0.3 is 0 Å². The Labute approximate surface area is 293 Å². The smallest absolute Gasteiger partial charge is 0.244 e. The summed E-state index contributed by atoms with van der Waals surface area (Å²) in [5.41, 5.74) is 8.96. The van der Waals surface area contributed by atoms with Gasteiger partial charge in [0.05, 0.1) is 11.5 Å². The van der Waals surface area contributed by atoms with E-state index in [9.17, 15) is 23.5 Å². The van der Waals surface area contributed by atoms with Gasteiger partial charge in [-0.15, -0.1) is 0 Å². The van der Waals surface area contributed by atoms with Crippen molar-refractivity contribution in [3.05, 3.63) is 131 Å². The van der Waals surface area contributed by atoms with E-state index in [-0.39, 0.29) is 30.9 Å². The number of allylic oxidation sites excluding steroid dienone is 2. The number of carbonyl (C=O) groups excluding carboxylic acids is 2. The summed E-state index contributed by atoms with van der Waals surface area (Å²) in [6, 6.07) is 21.6. The first-order valence-corrected chi connectivity index (χ1v) is 17.5. The zero-order valence-corrected chi connectivity index (χ0v) is 29.2. The van der Waals surface area contributed by atoms with Gasteiger partial charge in [0, 0.05) is 67.4 Å². The van der Waals surface area contributed by atoms with Crippen molar-refractivity contribution in [1.82, 2.24) is 14.8 Å². The van der Waals surface area contributed by atoms with Crippen LogP contribution in [0.25, 0.3) is 10.9 Å². The predicted molar refractivity (Wildman–Crippen MR) is 194 cm³/mol. The van der Waals surface area contributed by atoms with E-state index in [1.807, 2.05) is 50.3 Å². The molecule has 1 aromatic heterocycles. The highest BCUT2D eigenvalue weighted by Crippen LogP contribution is 2.46. The molecule has 3 atom stereocenters. The van der Waals surface area contributed by atoms with Crippen molar-refractivity contribution in [1.29, 1.82) is 0 Å². The Balaban J connectivity index is 1.50. The summed E-state index contributed by atoms with van der Waals surface area (Å²) in [6.45, 7) is 7.96. The van der Waals surface area contributed by atoms with Crippen molar-refractivity contribution < 1.29 is 23.5 Å². The standard InChI is InChI=1S/C41H48F2N4O3/c1-4-15-46(16-5-2)40(50)41(22-28(3)17-31(23-41)39(44)49)36(20-30-18-33(42)21-34(43)19-30)38(48)25-45-24-32-27-47(26-29-11-7-6-8-12-29)37-14-10-9-13-35(32)37/h6-14,17-19,21-22,27,36,38,45,48H,4-5,15-16,20,23-26H2,1-3H3,(H2,44,49)/t36-,38+,41?/m1/s1. The zero-order chi connectivity index (χ0) is 35.8. The van der Waals surface area contributed by atoms with Crippen LogP contribution in [-0.4, -0.2) is 52.1 Å². The van der Waals surface area contributed by atoms with E-state index in [4.69, 9.17) is 5.73 Å². The minimum absolute atomic E-state index is 0.0123. The molecule has 0 saturated carbocycles. The molecule has 3 aromatic carbocycles. The van der Waals surface area contributed by atoms with Gasteiger partial charge in [0.15, 0.2) is 0 Å². The van der Waals surface area contributed by atoms with Crippen LogP contribution in [0, 0.1) is 23.0 Å². The van der Waals surface area contributed by atoms with Crippen molar-refractivity contribution in [2.45, 2.75) is 65.6 Å². The van der Waals surface area contributed by atoms with Crippen molar-refractivity contribution in [3.63, 3.8) is 0 Å². The Bertz CT molecular complexity index is 1840. The summed E-state index contributed by atoms with van der Waals surface area (Å²) in [6.07, 6.45) is 5.84. The Kier molecular flexibility index (Phi) is 12.0. The van der Waals surface area contributed by atoms with Crippen LogP contribution in [-0.2, 0) is 29.1 Å². The number of benzene rings is 3. The second-order valence-corrected chi connectivity index (χ2v) is 13.5. The van der Waals surface area contributed by atoms with Gasteiger partial charge in [-0.05, 0) is 67.5 Å². The fourth-order valence-electron chi connectivity index (χ4n) is 7.50. The maximum atomic E-state index is 14.8. The number of para-hydroxylation sites is 1. The van der Waals surface area contributed by atoms with Crippen molar-refractivity contribution in [2.24, 2.45) is 17.1 Å². The number of aliphatic hydroxyl groups excluding tert-OH is 1. The van der Waals surface area contributed by atoms with Gasteiger partial charge in [-0.2, -0.15) is 0 Å². The number of carbonyl (C=O) groups is 2. The molecule has 1 unspecified atom stereocenters. The number of primary amides is 1. The monoisotopic (exact) mass is 682 g/mol. The third kappa shape index (κ3) is 8.40. The Morgan fingerprint density at radius 2 is 1.64 bits per heavy atom. The molecule has 4 aromatic rings. The second kappa shape index (κ2) is 16.4. The van der Waals surface area contributed by atoms with Crippen LogP contribution in [0.5, 0.6) is 0 Å². The molecular weight excluding hydrogens is 634 g/mol. The van der Waals surface area contributed by atoms with Crippen LogP contribution in [0.1, 0.15) is 56.7 Å². The fourth-order valence-corrected chi connectivity index (χ4v) is 7.50. The van der Waals surface area contributed by atoms with Crippen molar-refractivity contribution in [3.8, 4) is 0 Å². The summed E-state index contributed by atoms with van der Waals surface area (Å²) in [4.78, 5) is 29.2. The minimum Gasteiger partial charge on any atom is -0.391 e. The largest absolute Gasteiger partial charge is 0.391 e. The number of nitrogens with zero attached hydrogens (tertiary/aromatic N) is 2. The predicted octanol–water partition coefficient (Wildman–Crippen LogP) is 6.67. The Morgan fingerprint density at radius 3 is 2.30 bits per heavy atom. The number of aliphatic hydroxyl groups is 1. The van der Waals surface area contributed by atoms with Crippen LogP contribution < -0.4 is 11.1 Å². The maximum absolute atomic E-state index is 14.8. The summed E-state index contributed by atoms with van der Waals surface area (Å²) < 4.78 is 31.2. The Morgan fingerprint density at radius 1 is 0.980 bits per heavy atom. The molecule has 0 radical (unpaired) electrons. The van der Waals surface area contributed by atoms with Gasteiger partial charge in [-0.25, -0.2) is 8.78 Å². The zero-order valence-electron chi connectivity index (χ0n) is 29.2. The highest BCUT2D eigenvalue weighted by molar-refractivity contribution is 5.96. The van der Waals surface area contributed by atoms with E-state index in [0.29, 0.717) is 50.2 Å². The maximum Gasteiger partial charge on any atom is 0.244 e. The van der Waals surface area contributed by atoms with E-state index in [1.54, 1.807) is 17.9 Å². The molecule has 0 saturated heterocycles. The number of nitrogens with two attached hydrogens (primary N) is 1. The Hall–Kier alpha value is -4.60. The van der Waals surface area contributed by atoms with E-state index in [2.05, 4.69) is 40.3 Å². The average molecular weight is 683 g/mol. The summed E-state index contributed by atoms with van der Waals surface area (Å²) in [5, 5.41) is 16.6. The lowest BCUT2D eigenvalue weighted by atomic mass is 9.63. The lowest BCUT2D eigenvalue weighted by molar-refractivity contribution is -0.145. The normalized spacial score (nSPS) is 17.2. The minimum atomic E-state index is -1.40.